The molecule has 0 fully saturated rings. The first-order chi connectivity index (χ1) is 6.77. The largest absolute Gasteiger partial charge is 0.463 e. The van der Waals surface area contributed by atoms with Crippen molar-refractivity contribution in [1.29, 1.82) is 0 Å². The highest BCUT2D eigenvalue weighted by atomic mass is 16.5. The zero-order chi connectivity index (χ0) is 10.4. The van der Waals surface area contributed by atoms with Gasteiger partial charge in [-0.1, -0.05) is 0 Å². The van der Waals surface area contributed by atoms with Gasteiger partial charge in [0.25, 0.3) is 0 Å². The first kappa shape index (κ1) is 10.2. The number of hydrogen-bond acceptors (Lipinski definition) is 4. The van der Waals surface area contributed by atoms with Crippen LogP contribution in [0.1, 0.15) is 23.0 Å². The second-order valence-electron chi connectivity index (χ2n) is 2.44. The zero-order valence-electron chi connectivity index (χ0n) is 7.73. The Balaban J connectivity index is 2.68. The standard InChI is InChI=1S/C10H10O4/c1-2-13-10(12)4-3-8-5-6-14-9(8)7-11/h3-7H,2H2,1H3. The molecule has 0 spiro atoms. The van der Waals surface area contributed by atoms with Crippen LogP contribution in [0.25, 0.3) is 6.08 Å². The van der Waals surface area contributed by atoms with Crippen molar-refractivity contribution in [2.24, 2.45) is 0 Å². The first-order valence-corrected chi connectivity index (χ1v) is 4.15. The van der Waals surface area contributed by atoms with E-state index in [9.17, 15) is 9.59 Å². The van der Waals surface area contributed by atoms with E-state index < -0.39 is 5.97 Å². The lowest BCUT2D eigenvalue weighted by Crippen LogP contribution is -1.98. The molecule has 0 radical (unpaired) electrons. The van der Waals surface area contributed by atoms with E-state index in [1.54, 1.807) is 13.0 Å². The minimum atomic E-state index is -0.439. The molecule has 0 saturated heterocycles. The van der Waals surface area contributed by atoms with Crippen LogP contribution in [-0.2, 0) is 9.53 Å². The van der Waals surface area contributed by atoms with Gasteiger partial charge in [-0.25, -0.2) is 4.79 Å². The summed E-state index contributed by atoms with van der Waals surface area (Å²) >= 11 is 0. The molecule has 1 aromatic heterocycles. The average Bonchev–Trinajstić information content (AvgIpc) is 2.62. The second-order valence-corrected chi connectivity index (χ2v) is 2.44. The van der Waals surface area contributed by atoms with Crippen LogP contribution in [-0.4, -0.2) is 18.9 Å². The van der Waals surface area contributed by atoms with E-state index in [0.717, 1.165) is 0 Å². The number of rotatable bonds is 4. The third-order valence-corrected chi connectivity index (χ3v) is 1.52. The predicted molar refractivity (Wildman–Crippen MR) is 49.8 cm³/mol. The van der Waals surface area contributed by atoms with Crippen molar-refractivity contribution < 1.29 is 18.7 Å². The number of hydrogen-bond donors (Lipinski definition) is 0. The van der Waals surface area contributed by atoms with E-state index >= 15 is 0 Å². The third-order valence-electron chi connectivity index (χ3n) is 1.52. The lowest BCUT2D eigenvalue weighted by atomic mass is 10.2. The molecule has 14 heavy (non-hydrogen) atoms. The van der Waals surface area contributed by atoms with Gasteiger partial charge in [0.15, 0.2) is 12.0 Å². The number of carbonyl (C=O) groups excluding carboxylic acids is 2. The Bertz CT molecular complexity index is 349. The van der Waals surface area contributed by atoms with Crippen LogP contribution in [0.4, 0.5) is 0 Å². The van der Waals surface area contributed by atoms with E-state index in [4.69, 9.17) is 4.42 Å². The van der Waals surface area contributed by atoms with Gasteiger partial charge in [0.05, 0.1) is 12.9 Å². The topological polar surface area (TPSA) is 56.5 Å². The summed E-state index contributed by atoms with van der Waals surface area (Å²) in [4.78, 5) is 21.3. The van der Waals surface area contributed by atoms with Crippen LogP contribution in [0.2, 0.25) is 0 Å². The molecule has 74 valence electrons. The summed E-state index contributed by atoms with van der Waals surface area (Å²) in [6.07, 6.45) is 4.70. The Morgan fingerprint density at radius 3 is 3.07 bits per heavy atom. The van der Waals surface area contributed by atoms with Gasteiger partial charge in [0, 0.05) is 11.6 Å². The number of carbonyl (C=O) groups is 2. The van der Waals surface area contributed by atoms with E-state index in [-0.39, 0.29) is 5.76 Å². The molecule has 0 aromatic carbocycles. The highest BCUT2D eigenvalue weighted by molar-refractivity contribution is 5.89. The maximum absolute atomic E-state index is 10.9. The Kier molecular flexibility index (Phi) is 3.67. The maximum Gasteiger partial charge on any atom is 0.330 e. The van der Waals surface area contributed by atoms with Crippen molar-refractivity contribution in [3.05, 3.63) is 29.7 Å². The molecule has 4 heteroatoms. The van der Waals surface area contributed by atoms with Gasteiger partial charge in [-0.15, -0.1) is 0 Å². The quantitative estimate of drug-likeness (QED) is 0.415. The van der Waals surface area contributed by atoms with E-state index in [2.05, 4.69) is 4.74 Å². The van der Waals surface area contributed by atoms with Gasteiger partial charge < -0.3 is 9.15 Å². The summed E-state index contributed by atoms with van der Waals surface area (Å²) in [6.45, 7) is 2.05. The van der Waals surface area contributed by atoms with Gasteiger partial charge in [0.2, 0.25) is 0 Å². The fourth-order valence-electron chi connectivity index (χ4n) is 0.913. The lowest BCUT2D eigenvalue weighted by molar-refractivity contribution is -0.137. The molecule has 0 atom stereocenters. The molecule has 0 unspecified atom stereocenters. The SMILES string of the molecule is CCOC(=O)C=Cc1ccoc1C=O. The second kappa shape index (κ2) is 5.01. The number of esters is 1. The molecule has 0 bridgehead atoms. The Hall–Kier alpha value is -1.84. The summed E-state index contributed by atoms with van der Waals surface area (Å²) in [5.74, 6) is -0.240. The van der Waals surface area contributed by atoms with Crippen LogP contribution in [0, 0.1) is 0 Å². The molecule has 0 aliphatic rings. The maximum atomic E-state index is 10.9. The van der Waals surface area contributed by atoms with E-state index in [1.807, 2.05) is 0 Å². The van der Waals surface area contributed by atoms with Crippen molar-refractivity contribution in [1.82, 2.24) is 0 Å². The smallest absolute Gasteiger partial charge is 0.330 e. The predicted octanol–water partition coefficient (Wildman–Crippen LogP) is 1.67. The molecule has 0 amide bonds. The van der Waals surface area contributed by atoms with Crippen molar-refractivity contribution in [2.75, 3.05) is 6.61 Å². The molecule has 0 saturated carbocycles. The van der Waals surface area contributed by atoms with Crippen LogP contribution in [0.15, 0.2) is 22.8 Å². The Morgan fingerprint density at radius 2 is 2.43 bits per heavy atom. The molecule has 1 rings (SSSR count). The summed E-state index contributed by atoms with van der Waals surface area (Å²) in [5, 5.41) is 0. The third kappa shape index (κ3) is 2.58. The molecule has 0 N–H and O–H groups in total. The Morgan fingerprint density at radius 1 is 1.64 bits per heavy atom. The van der Waals surface area contributed by atoms with Crippen LogP contribution < -0.4 is 0 Å². The minimum Gasteiger partial charge on any atom is -0.463 e. The van der Waals surface area contributed by atoms with Gasteiger partial charge in [-0.3, -0.25) is 4.79 Å². The van der Waals surface area contributed by atoms with Gasteiger partial charge in [-0.2, -0.15) is 0 Å². The van der Waals surface area contributed by atoms with Crippen molar-refractivity contribution in [3.63, 3.8) is 0 Å². The number of ether oxygens (including phenoxy) is 1. The van der Waals surface area contributed by atoms with Crippen LogP contribution >= 0.6 is 0 Å². The molecule has 4 nitrogen and oxygen atoms in total. The summed E-state index contributed by atoms with van der Waals surface area (Å²) < 4.78 is 9.50. The molecule has 0 aliphatic carbocycles. The zero-order valence-corrected chi connectivity index (χ0v) is 7.73. The molecule has 1 heterocycles. The Labute approximate surface area is 81.2 Å². The van der Waals surface area contributed by atoms with Crippen LogP contribution in [0.3, 0.4) is 0 Å². The van der Waals surface area contributed by atoms with Crippen molar-refractivity contribution in [2.45, 2.75) is 6.92 Å². The fraction of sp³-hybridized carbons (Fsp3) is 0.200. The average molecular weight is 194 g/mol. The number of aldehydes is 1. The first-order valence-electron chi connectivity index (χ1n) is 4.15. The summed E-state index contributed by atoms with van der Waals surface area (Å²) in [5.41, 5.74) is 0.563. The normalized spacial score (nSPS) is 10.4. The van der Waals surface area contributed by atoms with Crippen molar-refractivity contribution in [3.8, 4) is 0 Å². The monoisotopic (exact) mass is 194 g/mol. The summed E-state index contributed by atoms with van der Waals surface area (Å²) in [6, 6.07) is 1.60. The lowest BCUT2D eigenvalue weighted by Gasteiger charge is -1.93. The molecule has 0 aliphatic heterocycles. The number of furan rings is 1. The minimum absolute atomic E-state index is 0.200. The molecule has 1 aromatic rings. The van der Waals surface area contributed by atoms with Gasteiger partial charge in [-0.05, 0) is 19.1 Å². The van der Waals surface area contributed by atoms with Gasteiger partial charge in [0.1, 0.15) is 0 Å². The van der Waals surface area contributed by atoms with E-state index in [1.165, 1.54) is 18.4 Å². The molecular formula is C10H10O4. The molecular weight excluding hydrogens is 184 g/mol. The highest BCUT2D eigenvalue weighted by Crippen LogP contribution is 2.09. The van der Waals surface area contributed by atoms with Gasteiger partial charge >= 0.3 is 5.97 Å². The van der Waals surface area contributed by atoms with E-state index in [0.29, 0.717) is 18.5 Å². The fourth-order valence-corrected chi connectivity index (χ4v) is 0.913. The van der Waals surface area contributed by atoms with Crippen molar-refractivity contribution >= 4 is 18.3 Å². The summed E-state index contributed by atoms with van der Waals surface area (Å²) in [7, 11) is 0. The van der Waals surface area contributed by atoms with Crippen LogP contribution in [0.5, 0.6) is 0 Å². The highest BCUT2D eigenvalue weighted by Gasteiger charge is 2.01.